The molecule has 2 heteroatoms. The first kappa shape index (κ1) is 13.9. The third kappa shape index (κ3) is 6.39. The van der Waals surface area contributed by atoms with Crippen LogP contribution in [0, 0.1) is 11.8 Å². The van der Waals surface area contributed by atoms with E-state index in [0.717, 1.165) is 19.4 Å². The van der Waals surface area contributed by atoms with Crippen LogP contribution in [-0.2, 0) is 0 Å². The molecule has 0 spiro atoms. The highest BCUT2D eigenvalue weighted by atomic mass is 16.3. The minimum atomic E-state index is -0.192. The molecular weight excluding hydrogens is 174 g/mol. The first-order chi connectivity index (χ1) is 6.47. The molecule has 2 unspecified atom stereocenters. The van der Waals surface area contributed by atoms with Gasteiger partial charge in [0, 0.05) is 12.6 Å². The van der Waals surface area contributed by atoms with Crippen LogP contribution < -0.4 is 5.32 Å². The van der Waals surface area contributed by atoms with Gasteiger partial charge in [0.2, 0.25) is 0 Å². The molecule has 0 bridgehead atoms. The summed E-state index contributed by atoms with van der Waals surface area (Å²) in [6, 6.07) is 0.539. The van der Waals surface area contributed by atoms with Crippen molar-refractivity contribution in [2.24, 2.45) is 11.8 Å². The molecule has 0 radical (unpaired) electrons. The maximum atomic E-state index is 9.68. The summed E-state index contributed by atoms with van der Waals surface area (Å²) in [4.78, 5) is 0. The average Bonchev–Trinajstić information content (AvgIpc) is 2.03. The summed E-state index contributed by atoms with van der Waals surface area (Å²) >= 11 is 0. The Bertz CT molecular complexity index is 134. The summed E-state index contributed by atoms with van der Waals surface area (Å²) in [7, 11) is 0. The molecule has 0 aromatic rings. The minimum Gasteiger partial charge on any atom is -0.392 e. The van der Waals surface area contributed by atoms with Gasteiger partial charge in [-0.25, -0.2) is 0 Å². The first-order valence-corrected chi connectivity index (χ1v) is 5.88. The lowest BCUT2D eigenvalue weighted by Gasteiger charge is -2.23. The second-order valence-corrected chi connectivity index (χ2v) is 4.95. The van der Waals surface area contributed by atoms with Crippen LogP contribution in [0.4, 0.5) is 0 Å². The zero-order valence-corrected chi connectivity index (χ0v) is 10.4. The summed E-state index contributed by atoms with van der Waals surface area (Å²) in [6.07, 6.45) is 1.83. The van der Waals surface area contributed by atoms with Gasteiger partial charge in [0.1, 0.15) is 0 Å². The zero-order chi connectivity index (χ0) is 11.1. The summed E-state index contributed by atoms with van der Waals surface area (Å²) in [5.41, 5.74) is 0. The number of hydrogen-bond donors (Lipinski definition) is 2. The van der Waals surface area contributed by atoms with E-state index in [4.69, 9.17) is 0 Å². The Hall–Kier alpha value is -0.0800. The highest BCUT2D eigenvalue weighted by molar-refractivity contribution is 4.71. The van der Waals surface area contributed by atoms with E-state index in [2.05, 4.69) is 39.9 Å². The summed E-state index contributed by atoms with van der Waals surface area (Å²) < 4.78 is 0. The molecule has 0 aromatic heterocycles. The third-order valence-corrected chi connectivity index (χ3v) is 2.60. The molecule has 0 aliphatic carbocycles. The SMILES string of the molecule is CCC(NCC(O)CC(C)C)C(C)C. The molecule has 0 amide bonds. The van der Waals surface area contributed by atoms with Crippen molar-refractivity contribution in [1.29, 1.82) is 0 Å². The zero-order valence-electron chi connectivity index (χ0n) is 10.4. The quantitative estimate of drug-likeness (QED) is 0.663. The number of aliphatic hydroxyl groups is 1. The second kappa shape index (κ2) is 7.24. The fraction of sp³-hybridized carbons (Fsp3) is 1.00. The van der Waals surface area contributed by atoms with Crippen molar-refractivity contribution < 1.29 is 5.11 Å². The summed E-state index contributed by atoms with van der Waals surface area (Å²) in [5.74, 6) is 1.22. The molecule has 2 atom stereocenters. The van der Waals surface area contributed by atoms with Gasteiger partial charge in [0.05, 0.1) is 6.10 Å². The predicted molar refractivity (Wildman–Crippen MR) is 62.4 cm³/mol. The number of rotatable bonds is 7. The number of nitrogens with one attached hydrogen (secondary N) is 1. The van der Waals surface area contributed by atoms with Crippen LogP contribution in [0.5, 0.6) is 0 Å². The van der Waals surface area contributed by atoms with Crippen molar-refractivity contribution in [3.05, 3.63) is 0 Å². The Balaban J connectivity index is 3.68. The lowest BCUT2D eigenvalue weighted by atomic mass is 10.0. The van der Waals surface area contributed by atoms with E-state index in [-0.39, 0.29) is 6.10 Å². The van der Waals surface area contributed by atoms with Crippen molar-refractivity contribution in [3.63, 3.8) is 0 Å². The van der Waals surface area contributed by atoms with E-state index >= 15 is 0 Å². The van der Waals surface area contributed by atoms with Gasteiger partial charge in [0.25, 0.3) is 0 Å². The van der Waals surface area contributed by atoms with Crippen molar-refractivity contribution >= 4 is 0 Å². The normalized spacial score (nSPS) is 16.3. The first-order valence-electron chi connectivity index (χ1n) is 5.88. The summed E-state index contributed by atoms with van der Waals surface area (Å²) in [5, 5.41) is 13.1. The largest absolute Gasteiger partial charge is 0.392 e. The Morgan fingerprint density at radius 2 is 1.71 bits per heavy atom. The molecule has 0 heterocycles. The van der Waals surface area contributed by atoms with Gasteiger partial charge in [-0.1, -0.05) is 34.6 Å². The van der Waals surface area contributed by atoms with E-state index in [9.17, 15) is 5.11 Å². The van der Waals surface area contributed by atoms with E-state index < -0.39 is 0 Å². The molecule has 14 heavy (non-hydrogen) atoms. The van der Waals surface area contributed by atoms with Gasteiger partial charge in [0.15, 0.2) is 0 Å². The Kier molecular flexibility index (Phi) is 7.20. The van der Waals surface area contributed by atoms with Crippen LogP contribution in [-0.4, -0.2) is 23.8 Å². The highest BCUT2D eigenvalue weighted by Gasteiger charge is 2.13. The van der Waals surface area contributed by atoms with Crippen LogP contribution in [0.1, 0.15) is 47.5 Å². The van der Waals surface area contributed by atoms with Crippen LogP contribution in [0.15, 0.2) is 0 Å². The third-order valence-electron chi connectivity index (χ3n) is 2.60. The molecule has 0 aromatic carbocycles. The lowest BCUT2D eigenvalue weighted by molar-refractivity contribution is 0.139. The second-order valence-electron chi connectivity index (χ2n) is 4.95. The van der Waals surface area contributed by atoms with E-state index in [1.165, 1.54) is 0 Å². The fourth-order valence-electron chi connectivity index (χ4n) is 1.77. The molecule has 2 nitrogen and oxygen atoms in total. The molecule has 0 aliphatic heterocycles. The van der Waals surface area contributed by atoms with Crippen LogP contribution in [0.3, 0.4) is 0 Å². The van der Waals surface area contributed by atoms with Crippen LogP contribution in [0.25, 0.3) is 0 Å². The van der Waals surface area contributed by atoms with Gasteiger partial charge in [-0.15, -0.1) is 0 Å². The van der Waals surface area contributed by atoms with Crippen molar-refractivity contribution in [2.45, 2.75) is 59.6 Å². The number of hydrogen-bond acceptors (Lipinski definition) is 2. The van der Waals surface area contributed by atoms with Crippen molar-refractivity contribution in [2.75, 3.05) is 6.54 Å². The molecule has 0 aliphatic rings. The van der Waals surface area contributed by atoms with Gasteiger partial charge in [-0.2, -0.15) is 0 Å². The maximum absolute atomic E-state index is 9.68. The smallest absolute Gasteiger partial charge is 0.0667 e. The van der Waals surface area contributed by atoms with Gasteiger partial charge in [-0.3, -0.25) is 0 Å². The number of aliphatic hydroxyl groups excluding tert-OH is 1. The lowest BCUT2D eigenvalue weighted by Crippen LogP contribution is -2.38. The molecule has 0 saturated heterocycles. The van der Waals surface area contributed by atoms with Crippen LogP contribution >= 0.6 is 0 Å². The maximum Gasteiger partial charge on any atom is 0.0667 e. The predicted octanol–water partition coefficient (Wildman–Crippen LogP) is 2.42. The molecule has 0 saturated carbocycles. The Labute approximate surface area is 89.1 Å². The molecular formula is C12H27NO. The van der Waals surface area contributed by atoms with Crippen molar-refractivity contribution in [3.8, 4) is 0 Å². The molecule has 86 valence electrons. The minimum absolute atomic E-state index is 0.192. The van der Waals surface area contributed by atoms with E-state index in [1.807, 2.05) is 0 Å². The summed E-state index contributed by atoms with van der Waals surface area (Å²) in [6.45, 7) is 11.6. The molecule has 2 N–H and O–H groups in total. The standard InChI is InChI=1S/C12H27NO/c1-6-12(10(4)5)13-8-11(14)7-9(2)3/h9-14H,6-8H2,1-5H3. The van der Waals surface area contributed by atoms with Crippen molar-refractivity contribution in [1.82, 2.24) is 5.32 Å². The monoisotopic (exact) mass is 201 g/mol. The van der Waals surface area contributed by atoms with Gasteiger partial charge < -0.3 is 10.4 Å². The average molecular weight is 201 g/mol. The Morgan fingerprint density at radius 1 is 1.14 bits per heavy atom. The van der Waals surface area contributed by atoms with E-state index in [1.54, 1.807) is 0 Å². The molecule has 0 rings (SSSR count). The fourth-order valence-corrected chi connectivity index (χ4v) is 1.77. The van der Waals surface area contributed by atoms with Crippen LogP contribution in [0.2, 0.25) is 0 Å². The Morgan fingerprint density at radius 3 is 2.07 bits per heavy atom. The van der Waals surface area contributed by atoms with E-state index in [0.29, 0.717) is 17.9 Å². The van der Waals surface area contributed by atoms with Gasteiger partial charge in [-0.05, 0) is 24.7 Å². The topological polar surface area (TPSA) is 32.3 Å². The molecule has 0 fully saturated rings. The highest BCUT2D eigenvalue weighted by Crippen LogP contribution is 2.07. The van der Waals surface area contributed by atoms with Gasteiger partial charge >= 0.3 is 0 Å².